The summed E-state index contributed by atoms with van der Waals surface area (Å²) in [7, 11) is 0. The van der Waals surface area contributed by atoms with Gasteiger partial charge in [0.05, 0.1) is 5.52 Å². The van der Waals surface area contributed by atoms with Crippen molar-refractivity contribution in [2.24, 2.45) is 0 Å². The second-order valence-electron chi connectivity index (χ2n) is 6.81. The standard InChI is InChI=1S/C18H25N3/c1-14-11-15(16-7-4-5-8-17(16)20-14)12-21-10-6-9-19-18(2,3)13-21/h4-5,7-8,11,19H,6,9-10,12-13H2,1-3H3. The largest absolute Gasteiger partial charge is 0.310 e. The molecule has 1 aliphatic heterocycles. The van der Waals surface area contributed by atoms with Crippen LogP contribution in [0.4, 0.5) is 0 Å². The van der Waals surface area contributed by atoms with Gasteiger partial charge in [-0.05, 0) is 58.0 Å². The van der Waals surface area contributed by atoms with Crippen molar-refractivity contribution in [2.75, 3.05) is 19.6 Å². The number of hydrogen-bond donors (Lipinski definition) is 1. The summed E-state index contributed by atoms with van der Waals surface area (Å²) in [5.41, 5.74) is 3.81. The zero-order valence-electron chi connectivity index (χ0n) is 13.3. The van der Waals surface area contributed by atoms with E-state index in [1.165, 1.54) is 17.4 Å². The van der Waals surface area contributed by atoms with E-state index in [0.29, 0.717) is 0 Å². The lowest BCUT2D eigenvalue weighted by atomic mass is 10.0. The van der Waals surface area contributed by atoms with Crippen molar-refractivity contribution in [3.63, 3.8) is 0 Å². The van der Waals surface area contributed by atoms with Gasteiger partial charge in [-0.2, -0.15) is 0 Å². The van der Waals surface area contributed by atoms with Crippen molar-refractivity contribution in [2.45, 2.75) is 39.3 Å². The highest BCUT2D eigenvalue weighted by molar-refractivity contribution is 5.82. The van der Waals surface area contributed by atoms with Crippen LogP contribution >= 0.6 is 0 Å². The Morgan fingerprint density at radius 3 is 2.95 bits per heavy atom. The van der Waals surface area contributed by atoms with Crippen LogP contribution in [-0.4, -0.2) is 35.1 Å². The molecule has 1 fully saturated rings. The maximum Gasteiger partial charge on any atom is 0.0708 e. The quantitative estimate of drug-likeness (QED) is 0.918. The van der Waals surface area contributed by atoms with Gasteiger partial charge in [0, 0.05) is 29.7 Å². The van der Waals surface area contributed by atoms with Gasteiger partial charge in [-0.25, -0.2) is 0 Å². The van der Waals surface area contributed by atoms with E-state index in [4.69, 9.17) is 0 Å². The molecule has 0 spiro atoms. The molecule has 3 rings (SSSR count). The SMILES string of the molecule is Cc1cc(CN2CCCNC(C)(C)C2)c2ccccc2n1. The molecule has 1 N–H and O–H groups in total. The molecule has 1 aliphatic rings. The summed E-state index contributed by atoms with van der Waals surface area (Å²) in [5.74, 6) is 0. The number of hydrogen-bond acceptors (Lipinski definition) is 3. The van der Waals surface area contributed by atoms with E-state index in [2.05, 4.69) is 66.3 Å². The van der Waals surface area contributed by atoms with Gasteiger partial charge in [0.25, 0.3) is 0 Å². The second-order valence-corrected chi connectivity index (χ2v) is 6.81. The molecular formula is C18H25N3. The van der Waals surface area contributed by atoms with Gasteiger partial charge in [0.1, 0.15) is 0 Å². The minimum absolute atomic E-state index is 0.189. The first-order chi connectivity index (χ1) is 10.0. The Kier molecular flexibility index (Phi) is 3.96. The van der Waals surface area contributed by atoms with E-state index < -0.39 is 0 Å². The summed E-state index contributed by atoms with van der Waals surface area (Å²) < 4.78 is 0. The molecule has 1 saturated heterocycles. The number of fused-ring (bicyclic) bond motifs is 1. The molecule has 3 heteroatoms. The number of benzene rings is 1. The maximum absolute atomic E-state index is 4.65. The minimum atomic E-state index is 0.189. The van der Waals surface area contributed by atoms with Crippen LogP contribution in [0, 0.1) is 6.92 Å². The average molecular weight is 283 g/mol. The molecule has 0 atom stereocenters. The predicted molar refractivity (Wildman–Crippen MR) is 88.5 cm³/mol. The summed E-state index contributed by atoms with van der Waals surface area (Å²) in [6.07, 6.45) is 1.21. The predicted octanol–water partition coefficient (Wildman–Crippen LogP) is 3.12. The van der Waals surface area contributed by atoms with Gasteiger partial charge in [-0.3, -0.25) is 9.88 Å². The molecule has 21 heavy (non-hydrogen) atoms. The summed E-state index contributed by atoms with van der Waals surface area (Å²) >= 11 is 0. The van der Waals surface area contributed by atoms with Crippen LogP contribution in [0.1, 0.15) is 31.5 Å². The van der Waals surface area contributed by atoms with E-state index in [0.717, 1.165) is 37.4 Å². The maximum atomic E-state index is 4.65. The number of aryl methyl sites for hydroxylation is 1. The highest BCUT2D eigenvalue weighted by Gasteiger charge is 2.24. The fourth-order valence-electron chi connectivity index (χ4n) is 3.32. The normalized spacial score (nSPS) is 19.6. The Labute approximate surface area is 127 Å². The Morgan fingerprint density at radius 2 is 2.10 bits per heavy atom. The fourth-order valence-corrected chi connectivity index (χ4v) is 3.32. The first-order valence-electron chi connectivity index (χ1n) is 7.86. The zero-order chi connectivity index (χ0) is 14.9. The number of nitrogens with one attached hydrogen (secondary N) is 1. The molecule has 0 saturated carbocycles. The number of pyridine rings is 1. The molecule has 112 valence electrons. The van der Waals surface area contributed by atoms with E-state index in [1.54, 1.807) is 0 Å². The number of para-hydroxylation sites is 1. The second kappa shape index (κ2) is 5.74. The highest BCUT2D eigenvalue weighted by Crippen LogP contribution is 2.21. The lowest BCUT2D eigenvalue weighted by Crippen LogP contribution is -2.46. The van der Waals surface area contributed by atoms with Crippen LogP contribution in [0.5, 0.6) is 0 Å². The molecule has 0 unspecified atom stereocenters. The lowest BCUT2D eigenvalue weighted by molar-refractivity contribution is 0.224. The Balaban J connectivity index is 1.90. The van der Waals surface area contributed by atoms with Gasteiger partial charge < -0.3 is 5.32 Å². The Hall–Kier alpha value is -1.45. The third-order valence-corrected chi connectivity index (χ3v) is 4.20. The smallest absolute Gasteiger partial charge is 0.0708 e. The van der Waals surface area contributed by atoms with Crippen LogP contribution in [0.3, 0.4) is 0 Å². The fraction of sp³-hybridized carbons (Fsp3) is 0.500. The van der Waals surface area contributed by atoms with Gasteiger partial charge in [0.15, 0.2) is 0 Å². The van der Waals surface area contributed by atoms with Gasteiger partial charge in [-0.1, -0.05) is 18.2 Å². The average Bonchev–Trinajstić information content (AvgIpc) is 2.59. The van der Waals surface area contributed by atoms with Crippen molar-refractivity contribution in [3.05, 3.63) is 41.6 Å². The first-order valence-corrected chi connectivity index (χ1v) is 7.86. The highest BCUT2D eigenvalue weighted by atomic mass is 15.2. The van der Waals surface area contributed by atoms with Crippen LogP contribution in [-0.2, 0) is 6.54 Å². The molecule has 0 aliphatic carbocycles. The van der Waals surface area contributed by atoms with Crippen molar-refractivity contribution >= 4 is 10.9 Å². The molecule has 1 aromatic heterocycles. The summed E-state index contributed by atoms with van der Waals surface area (Å²) in [6.45, 7) is 11.0. The summed E-state index contributed by atoms with van der Waals surface area (Å²) in [5, 5.41) is 4.92. The lowest BCUT2D eigenvalue weighted by Gasteiger charge is -2.30. The third-order valence-electron chi connectivity index (χ3n) is 4.20. The molecule has 0 bridgehead atoms. The first kappa shape index (κ1) is 14.5. The molecule has 1 aromatic carbocycles. The molecule has 3 nitrogen and oxygen atoms in total. The van der Waals surface area contributed by atoms with Crippen molar-refractivity contribution in [1.29, 1.82) is 0 Å². The van der Waals surface area contributed by atoms with E-state index in [-0.39, 0.29) is 5.54 Å². The molecular weight excluding hydrogens is 258 g/mol. The summed E-state index contributed by atoms with van der Waals surface area (Å²) in [6, 6.07) is 10.7. The molecule has 0 amide bonds. The molecule has 0 radical (unpaired) electrons. The number of rotatable bonds is 2. The topological polar surface area (TPSA) is 28.2 Å². The van der Waals surface area contributed by atoms with Crippen LogP contribution in [0.15, 0.2) is 30.3 Å². The van der Waals surface area contributed by atoms with Crippen LogP contribution < -0.4 is 5.32 Å². The van der Waals surface area contributed by atoms with Crippen molar-refractivity contribution < 1.29 is 0 Å². The van der Waals surface area contributed by atoms with Crippen molar-refractivity contribution in [3.8, 4) is 0 Å². The van der Waals surface area contributed by atoms with E-state index >= 15 is 0 Å². The Morgan fingerprint density at radius 1 is 1.29 bits per heavy atom. The molecule has 2 heterocycles. The monoisotopic (exact) mass is 283 g/mol. The molecule has 2 aromatic rings. The number of aromatic nitrogens is 1. The van der Waals surface area contributed by atoms with Crippen LogP contribution in [0.2, 0.25) is 0 Å². The van der Waals surface area contributed by atoms with Gasteiger partial charge >= 0.3 is 0 Å². The minimum Gasteiger partial charge on any atom is -0.310 e. The summed E-state index contributed by atoms with van der Waals surface area (Å²) in [4.78, 5) is 7.22. The van der Waals surface area contributed by atoms with Crippen molar-refractivity contribution in [1.82, 2.24) is 15.2 Å². The van der Waals surface area contributed by atoms with E-state index in [1.807, 2.05) is 0 Å². The van der Waals surface area contributed by atoms with Gasteiger partial charge in [0.2, 0.25) is 0 Å². The Bertz CT molecular complexity index is 633. The van der Waals surface area contributed by atoms with E-state index in [9.17, 15) is 0 Å². The van der Waals surface area contributed by atoms with Gasteiger partial charge in [-0.15, -0.1) is 0 Å². The number of nitrogens with zero attached hydrogens (tertiary/aromatic N) is 2. The zero-order valence-corrected chi connectivity index (χ0v) is 13.3. The van der Waals surface area contributed by atoms with Crippen LogP contribution in [0.25, 0.3) is 10.9 Å². The third kappa shape index (κ3) is 3.42.